The highest BCUT2D eigenvalue weighted by Crippen LogP contribution is 2.37. The molecular formula is C15H11NO2S2. The van der Waals surface area contributed by atoms with E-state index in [2.05, 4.69) is 0 Å². The molecule has 100 valence electrons. The van der Waals surface area contributed by atoms with Crippen molar-refractivity contribution in [1.29, 1.82) is 0 Å². The highest BCUT2D eigenvalue weighted by Gasteiger charge is 2.34. The molecular weight excluding hydrogens is 290 g/mol. The maximum atomic E-state index is 12.5. The van der Waals surface area contributed by atoms with Crippen LogP contribution in [0.25, 0.3) is 6.08 Å². The van der Waals surface area contributed by atoms with Crippen LogP contribution in [-0.2, 0) is 4.79 Å². The standard InChI is InChI=1S/C15H11NO2S2/c1-10-5-2-3-7-12(10)16-14(17)13(20-15(16)19)9-11-6-4-8-18-11/h2-9H,1H3. The number of benzene rings is 1. The lowest BCUT2D eigenvalue weighted by Gasteiger charge is -2.16. The molecule has 1 fully saturated rings. The fourth-order valence-corrected chi connectivity index (χ4v) is 3.26. The molecule has 3 nitrogen and oxygen atoms in total. The molecule has 0 N–H and O–H groups in total. The van der Waals surface area contributed by atoms with Gasteiger partial charge in [-0.3, -0.25) is 9.69 Å². The first-order valence-electron chi connectivity index (χ1n) is 6.04. The summed E-state index contributed by atoms with van der Waals surface area (Å²) in [4.78, 5) is 14.7. The van der Waals surface area contributed by atoms with Crippen LogP contribution in [0, 0.1) is 6.92 Å². The van der Waals surface area contributed by atoms with Crippen LogP contribution in [0.1, 0.15) is 11.3 Å². The predicted octanol–water partition coefficient (Wildman–Crippen LogP) is 3.99. The van der Waals surface area contributed by atoms with Crippen LogP contribution in [0.3, 0.4) is 0 Å². The Hall–Kier alpha value is -1.85. The first-order chi connectivity index (χ1) is 9.66. The SMILES string of the molecule is Cc1ccccc1N1C(=O)C(=Cc2ccco2)SC1=S. The second-order valence-electron chi connectivity index (χ2n) is 4.32. The third kappa shape index (κ3) is 2.30. The fraction of sp³-hybridized carbons (Fsp3) is 0.0667. The molecule has 0 unspecified atom stereocenters. The van der Waals surface area contributed by atoms with E-state index in [4.69, 9.17) is 16.6 Å². The van der Waals surface area contributed by atoms with E-state index in [0.29, 0.717) is 15.0 Å². The van der Waals surface area contributed by atoms with Gasteiger partial charge in [-0.1, -0.05) is 42.2 Å². The minimum Gasteiger partial charge on any atom is -0.465 e. The average Bonchev–Trinajstić information content (AvgIpc) is 3.01. The zero-order chi connectivity index (χ0) is 14.1. The monoisotopic (exact) mass is 301 g/mol. The zero-order valence-corrected chi connectivity index (χ0v) is 12.3. The van der Waals surface area contributed by atoms with Gasteiger partial charge in [0.05, 0.1) is 16.9 Å². The van der Waals surface area contributed by atoms with Gasteiger partial charge in [0.15, 0.2) is 4.32 Å². The van der Waals surface area contributed by atoms with E-state index >= 15 is 0 Å². The lowest BCUT2D eigenvalue weighted by atomic mass is 10.2. The number of hydrogen-bond donors (Lipinski definition) is 0. The quantitative estimate of drug-likeness (QED) is 0.620. The van der Waals surface area contributed by atoms with Crippen molar-refractivity contribution in [3.63, 3.8) is 0 Å². The lowest BCUT2D eigenvalue weighted by Crippen LogP contribution is -2.28. The number of rotatable bonds is 2. The molecule has 20 heavy (non-hydrogen) atoms. The van der Waals surface area contributed by atoms with Gasteiger partial charge in [0, 0.05) is 6.08 Å². The van der Waals surface area contributed by atoms with E-state index in [1.54, 1.807) is 29.4 Å². The lowest BCUT2D eigenvalue weighted by molar-refractivity contribution is -0.113. The molecule has 1 amide bonds. The van der Waals surface area contributed by atoms with E-state index in [1.807, 2.05) is 31.2 Å². The molecule has 0 saturated carbocycles. The Morgan fingerprint density at radius 2 is 2.05 bits per heavy atom. The number of amides is 1. The Balaban J connectivity index is 1.98. The third-order valence-corrected chi connectivity index (χ3v) is 4.27. The van der Waals surface area contributed by atoms with Crippen molar-refractivity contribution in [1.82, 2.24) is 0 Å². The molecule has 0 atom stereocenters. The Labute approximate surface area is 126 Å². The van der Waals surface area contributed by atoms with Crippen molar-refractivity contribution < 1.29 is 9.21 Å². The van der Waals surface area contributed by atoms with Gasteiger partial charge in [0.25, 0.3) is 5.91 Å². The predicted molar refractivity (Wildman–Crippen MR) is 85.5 cm³/mol. The Morgan fingerprint density at radius 1 is 1.25 bits per heavy atom. The molecule has 1 aliphatic rings. The van der Waals surface area contributed by atoms with Crippen molar-refractivity contribution in [3.8, 4) is 0 Å². The summed E-state index contributed by atoms with van der Waals surface area (Å²) in [5.41, 5.74) is 1.85. The van der Waals surface area contributed by atoms with Gasteiger partial charge < -0.3 is 4.42 Å². The summed E-state index contributed by atoms with van der Waals surface area (Å²) in [5, 5.41) is 0. The van der Waals surface area contributed by atoms with Gasteiger partial charge in [-0.25, -0.2) is 0 Å². The second kappa shape index (κ2) is 5.26. The maximum absolute atomic E-state index is 12.5. The molecule has 1 saturated heterocycles. The molecule has 2 heterocycles. The number of para-hydroxylation sites is 1. The van der Waals surface area contributed by atoms with Crippen LogP contribution in [0.2, 0.25) is 0 Å². The van der Waals surface area contributed by atoms with Crippen LogP contribution >= 0.6 is 24.0 Å². The van der Waals surface area contributed by atoms with Crippen LogP contribution in [-0.4, -0.2) is 10.2 Å². The molecule has 0 radical (unpaired) electrons. The van der Waals surface area contributed by atoms with Gasteiger partial charge in [-0.15, -0.1) is 0 Å². The second-order valence-corrected chi connectivity index (χ2v) is 5.99. The molecule has 5 heteroatoms. The van der Waals surface area contributed by atoms with Gasteiger partial charge in [0.1, 0.15) is 5.76 Å². The van der Waals surface area contributed by atoms with Gasteiger partial charge in [-0.05, 0) is 30.7 Å². The molecule has 3 rings (SSSR count). The number of thioether (sulfide) groups is 1. The van der Waals surface area contributed by atoms with Crippen molar-refractivity contribution >= 4 is 46.0 Å². The molecule has 0 bridgehead atoms. The Morgan fingerprint density at radius 3 is 2.75 bits per heavy atom. The summed E-state index contributed by atoms with van der Waals surface area (Å²) in [6.45, 7) is 1.96. The largest absolute Gasteiger partial charge is 0.465 e. The van der Waals surface area contributed by atoms with Crippen molar-refractivity contribution in [2.24, 2.45) is 0 Å². The van der Waals surface area contributed by atoms with E-state index in [-0.39, 0.29) is 5.91 Å². The van der Waals surface area contributed by atoms with Gasteiger partial charge >= 0.3 is 0 Å². The summed E-state index contributed by atoms with van der Waals surface area (Å²) in [6.07, 6.45) is 3.30. The molecule has 1 aromatic carbocycles. The number of carbonyl (C=O) groups is 1. The number of furan rings is 1. The van der Waals surface area contributed by atoms with Crippen molar-refractivity contribution in [3.05, 3.63) is 58.9 Å². The fourth-order valence-electron chi connectivity index (χ4n) is 1.99. The van der Waals surface area contributed by atoms with Crippen LogP contribution in [0.5, 0.6) is 0 Å². The minimum atomic E-state index is -0.106. The maximum Gasteiger partial charge on any atom is 0.270 e. The number of carbonyl (C=O) groups excluding carboxylic acids is 1. The highest BCUT2D eigenvalue weighted by molar-refractivity contribution is 8.27. The summed E-state index contributed by atoms with van der Waals surface area (Å²) >= 11 is 6.62. The summed E-state index contributed by atoms with van der Waals surface area (Å²) < 4.78 is 5.78. The third-order valence-electron chi connectivity index (χ3n) is 2.97. The normalized spacial score (nSPS) is 17.2. The number of thiocarbonyl (C=S) groups is 1. The topological polar surface area (TPSA) is 33.5 Å². The Kier molecular flexibility index (Phi) is 3.46. The number of hydrogen-bond acceptors (Lipinski definition) is 4. The first kappa shape index (κ1) is 13.1. The molecule has 2 aromatic rings. The number of aryl methyl sites for hydroxylation is 1. The molecule has 0 aliphatic carbocycles. The van der Waals surface area contributed by atoms with Crippen LogP contribution in [0.4, 0.5) is 5.69 Å². The van der Waals surface area contributed by atoms with Crippen molar-refractivity contribution in [2.45, 2.75) is 6.92 Å². The smallest absolute Gasteiger partial charge is 0.270 e. The van der Waals surface area contributed by atoms with Crippen LogP contribution in [0.15, 0.2) is 52.0 Å². The van der Waals surface area contributed by atoms with Gasteiger partial charge in [0.2, 0.25) is 0 Å². The minimum absolute atomic E-state index is 0.106. The first-order valence-corrected chi connectivity index (χ1v) is 7.26. The number of nitrogens with zero attached hydrogens (tertiary/aromatic N) is 1. The van der Waals surface area contributed by atoms with Gasteiger partial charge in [-0.2, -0.15) is 0 Å². The molecule has 1 aromatic heterocycles. The van der Waals surface area contributed by atoms with Crippen molar-refractivity contribution in [2.75, 3.05) is 4.90 Å². The highest BCUT2D eigenvalue weighted by atomic mass is 32.2. The van der Waals surface area contributed by atoms with E-state index in [9.17, 15) is 4.79 Å². The molecule has 0 spiro atoms. The summed E-state index contributed by atoms with van der Waals surface area (Å²) in [5.74, 6) is 0.543. The average molecular weight is 301 g/mol. The zero-order valence-electron chi connectivity index (χ0n) is 10.7. The molecule has 1 aliphatic heterocycles. The Bertz CT molecular complexity index is 704. The van der Waals surface area contributed by atoms with E-state index in [1.165, 1.54) is 11.8 Å². The number of anilines is 1. The summed E-state index contributed by atoms with van der Waals surface area (Å²) in [6, 6.07) is 11.3. The van der Waals surface area contributed by atoms with Crippen LogP contribution < -0.4 is 4.90 Å². The van der Waals surface area contributed by atoms with E-state index < -0.39 is 0 Å². The van der Waals surface area contributed by atoms with E-state index in [0.717, 1.165) is 11.3 Å². The summed E-state index contributed by atoms with van der Waals surface area (Å²) in [7, 11) is 0.